The maximum atomic E-state index is 13.7. The minimum Gasteiger partial charge on any atom is -0.492 e. The number of hydrogen-bond donors (Lipinski definition) is 1. The number of para-hydroxylation sites is 1. The Morgan fingerprint density at radius 1 is 1.13 bits per heavy atom. The van der Waals surface area contributed by atoms with Gasteiger partial charge in [0.15, 0.2) is 5.17 Å². The summed E-state index contributed by atoms with van der Waals surface area (Å²) < 4.78 is 5.82. The quantitative estimate of drug-likeness (QED) is 0.792. The van der Waals surface area contributed by atoms with Gasteiger partial charge in [-0.2, -0.15) is 5.01 Å². The van der Waals surface area contributed by atoms with E-state index in [4.69, 9.17) is 4.74 Å². The molecule has 3 amide bonds. The normalized spacial score (nSPS) is 19.5. The number of anilines is 1. The minimum absolute atomic E-state index is 0.212. The van der Waals surface area contributed by atoms with Crippen molar-refractivity contribution in [2.75, 3.05) is 18.1 Å². The van der Waals surface area contributed by atoms with Crippen molar-refractivity contribution in [2.45, 2.75) is 25.6 Å². The molecule has 2 aromatic rings. The molecule has 8 nitrogen and oxygen atoms in total. The Labute approximate surface area is 184 Å². The van der Waals surface area contributed by atoms with Crippen LogP contribution in [0.1, 0.15) is 25.0 Å². The molecule has 0 aliphatic carbocycles. The second-order valence-electron chi connectivity index (χ2n) is 7.30. The number of nitrogens with one attached hydrogen (secondary N) is 1. The molecule has 2 heterocycles. The van der Waals surface area contributed by atoms with Crippen LogP contribution in [0.4, 0.5) is 5.69 Å². The van der Waals surface area contributed by atoms with E-state index >= 15 is 0 Å². The summed E-state index contributed by atoms with van der Waals surface area (Å²) in [4.78, 5) is 37.9. The van der Waals surface area contributed by atoms with Gasteiger partial charge in [0.05, 0.1) is 12.2 Å². The number of rotatable bonds is 4. The average Bonchev–Trinajstić information content (AvgIpc) is 3.21. The number of amides is 3. The lowest BCUT2D eigenvalue weighted by molar-refractivity contribution is -0.139. The molecule has 0 saturated carbocycles. The van der Waals surface area contributed by atoms with Gasteiger partial charge in [-0.25, -0.2) is 0 Å². The average molecular weight is 439 g/mol. The fourth-order valence-corrected chi connectivity index (χ4v) is 5.01. The molecule has 0 fully saturated rings. The summed E-state index contributed by atoms with van der Waals surface area (Å²) in [6, 6.07) is 15.0. The first-order valence-electron chi connectivity index (χ1n) is 9.80. The van der Waals surface area contributed by atoms with Crippen LogP contribution in [-0.2, 0) is 19.3 Å². The summed E-state index contributed by atoms with van der Waals surface area (Å²) in [5.41, 5.74) is 2.48. The lowest BCUT2D eigenvalue weighted by Crippen LogP contribution is -2.49. The first-order chi connectivity index (χ1) is 14.8. The topological polar surface area (TPSA) is 91.3 Å². The van der Waals surface area contributed by atoms with Crippen LogP contribution in [0, 0.1) is 6.92 Å². The molecule has 2 aliphatic rings. The van der Waals surface area contributed by atoms with Gasteiger partial charge in [0.25, 0.3) is 5.91 Å². The number of hydrazone groups is 1. The zero-order valence-electron chi connectivity index (χ0n) is 17.4. The lowest BCUT2D eigenvalue weighted by Gasteiger charge is -2.29. The second kappa shape index (κ2) is 8.07. The van der Waals surface area contributed by atoms with Gasteiger partial charge in [0.2, 0.25) is 16.7 Å². The van der Waals surface area contributed by atoms with Gasteiger partial charge in [0.1, 0.15) is 12.4 Å². The molecule has 2 aromatic carbocycles. The predicted octanol–water partition coefficient (Wildman–Crippen LogP) is 2.58. The highest BCUT2D eigenvalue weighted by atomic mass is 32.2. The fourth-order valence-electron chi connectivity index (χ4n) is 3.68. The number of ether oxygens (including phenoxy) is 1. The Hall–Kier alpha value is -3.33. The first kappa shape index (κ1) is 20.9. The van der Waals surface area contributed by atoms with Gasteiger partial charge in [-0.05, 0) is 36.9 Å². The number of aryl methyl sites for hydroxylation is 1. The molecule has 31 heavy (non-hydrogen) atoms. The Morgan fingerprint density at radius 3 is 2.52 bits per heavy atom. The Morgan fingerprint density at radius 2 is 1.84 bits per heavy atom. The zero-order valence-corrected chi connectivity index (χ0v) is 18.2. The van der Waals surface area contributed by atoms with E-state index in [0.29, 0.717) is 17.8 Å². The van der Waals surface area contributed by atoms with Crippen molar-refractivity contribution in [2.24, 2.45) is 5.10 Å². The molecule has 1 spiro atoms. The summed E-state index contributed by atoms with van der Waals surface area (Å²) >= 11 is 1.06. The Balaban J connectivity index is 1.62. The van der Waals surface area contributed by atoms with Gasteiger partial charge in [-0.3, -0.25) is 14.4 Å². The molecule has 160 valence electrons. The standard InChI is InChI=1S/C22H22N4O4S/c1-14-8-10-17(11-9-14)30-13-12-25-19-7-5-4-6-18(19)22(20(25)29)26(16(3)28)24-21(31-22)23-15(2)27/h4-11H,12-13H2,1-3H3,(H,23,24,27)/t22-/m1/s1. The molecule has 0 radical (unpaired) electrons. The zero-order chi connectivity index (χ0) is 22.2. The van der Waals surface area contributed by atoms with Crippen LogP contribution in [-0.4, -0.2) is 41.0 Å². The molecule has 0 aromatic heterocycles. The highest BCUT2D eigenvalue weighted by molar-refractivity contribution is 8.15. The molecule has 0 bridgehead atoms. The third-order valence-corrected chi connectivity index (χ3v) is 6.25. The maximum absolute atomic E-state index is 13.7. The molecule has 0 unspecified atom stereocenters. The predicted molar refractivity (Wildman–Crippen MR) is 119 cm³/mol. The van der Waals surface area contributed by atoms with Gasteiger partial charge in [-0.15, -0.1) is 5.10 Å². The number of hydrogen-bond acceptors (Lipinski definition) is 6. The molecule has 4 rings (SSSR count). The molecule has 1 N–H and O–H groups in total. The van der Waals surface area contributed by atoms with Crippen LogP contribution >= 0.6 is 11.8 Å². The van der Waals surface area contributed by atoms with Gasteiger partial charge in [-0.1, -0.05) is 35.9 Å². The molecular weight excluding hydrogens is 416 g/mol. The summed E-state index contributed by atoms with van der Waals surface area (Å²) in [7, 11) is 0. The van der Waals surface area contributed by atoms with Crippen LogP contribution in [0.3, 0.4) is 0 Å². The number of thioether (sulfide) groups is 1. The van der Waals surface area contributed by atoms with Gasteiger partial charge in [0, 0.05) is 19.4 Å². The Kier molecular flexibility index (Phi) is 5.45. The fraction of sp³-hybridized carbons (Fsp3) is 0.273. The minimum atomic E-state index is -1.38. The van der Waals surface area contributed by atoms with Crippen LogP contribution < -0.4 is 15.0 Å². The highest BCUT2D eigenvalue weighted by Crippen LogP contribution is 2.54. The van der Waals surface area contributed by atoms with Crippen molar-refractivity contribution in [1.82, 2.24) is 10.3 Å². The van der Waals surface area contributed by atoms with E-state index in [9.17, 15) is 14.4 Å². The van der Waals surface area contributed by atoms with Crippen molar-refractivity contribution < 1.29 is 19.1 Å². The number of benzene rings is 2. The van der Waals surface area contributed by atoms with E-state index in [1.54, 1.807) is 4.90 Å². The number of carbonyl (C=O) groups excluding carboxylic acids is 3. The van der Waals surface area contributed by atoms with Gasteiger partial charge < -0.3 is 15.0 Å². The van der Waals surface area contributed by atoms with E-state index in [1.807, 2.05) is 55.5 Å². The molecular formula is C22H22N4O4S. The number of carbonyl (C=O) groups is 3. The summed E-state index contributed by atoms with van der Waals surface area (Å²) in [5, 5.41) is 8.20. The summed E-state index contributed by atoms with van der Waals surface area (Å²) in [5.74, 6) is -0.301. The van der Waals surface area contributed by atoms with E-state index in [0.717, 1.165) is 28.1 Å². The van der Waals surface area contributed by atoms with Crippen molar-refractivity contribution >= 4 is 40.3 Å². The smallest absolute Gasteiger partial charge is 0.270 e. The molecule has 9 heteroatoms. The van der Waals surface area contributed by atoms with Crippen LogP contribution in [0.2, 0.25) is 0 Å². The third-order valence-electron chi connectivity index (χ3n) is 5.01. The lowest BCUT2D eigenvalue weighted by atomic mass is 10.1. The Bertz CT molecular complexity index is 1090. The molecule has 0 saturated heterocycles. The van der Waals surface area contributed by atoms with Crippen LogP contribution in [0.15, 0.2) is 53.6 Å². The maximum Gasteiger partial charge on any atom is 0.270 e. The largest absolute Gasteiger partial charge is 0.492 e. The number of nitrogens with zero attached hydrogens (tertiary/aromatic N) is 3. The highest BCUT2D eigenvalue weighted by Gasteiger charge is 2.61. The first-order valence-corrected chi connectivity index (χ1v) is 10.6. The van der Waals surface area contributed by atoms with Crippen molar-refractivity contribution in [3.63, 3.8) is 0 Å². The monoisotopic (exact) mass is 438 g/mol. The number of fused-ring (bicyclic) bond motifs is 2. The number of amidine groups is 1. The molecule has 2 aliphatic heterocycles. The van der Waals surface area contributed by atoms with E-state index in [1.165, 1.54) is 13.8 Å². The second-order valence-corrected chi connectivity index (χ2v) is 8.48. The van der Waals surface area contributed by atoms with E-state index < -0.39 is 10.8 Å². The third kappa shape index (κ3) is 3.65. The van der Waals surface area contributed by atoms with Gasteiger partial charge >= 0.3 is 0 Å². The van der Waals surface area contributed by atoms with Crippen molar-refractivity contribution in [3.8, 4) is 5.75 Å². The van der Waals surface area contributed by atoms with Crippen molar-refractivity contribution in [3.05, 3.63) is 59.7 Å². The van der Waals surface area contributed by atoms with Crippen molar-refractivity contribution in [1.29, 1.82) is 0 Å². The van der Waals surface area contributed by atoms with Crippen LogP contribution in [0.25, 0.3) is 0 Å². The van der Waals surface area contributed by atoms with E-state index in [2.05, 4.69) is 10.4 Å². The van der Waals surface area contributed by atoms with E-state index in [-0.39, 0.29) is 23.6 Å². The SMILES string of the molecule is CC(=O)NC1=NN(C(C)=O)[C@]2(S1)C(=O)N(CCOc1ccc(C)cc1)c1ccccc12. The van der Waals surface area contributed by atoms with Crippen LogP contribution in [0.5, 0.6) is 5.75 Å². The summed E-state index contributed by atoms with van der Waals surface area (Å²) in [6.07, 6.45) is 0. The summed E-state index contributed by atoms with van der Waals surface area (Å²) in [6.45, 7) is 5.28. The molecule has 1 atom stereocenters.